The highest BCUT2D eigenvalue weighted by Gasteiger charge is 2.47. The summed E-state index contributed by atoms with van der Waals surface area (Å²) in [6.45, 7) is 0. The predicted molar refractivity (Wildman–Crippen MR) is 68.7 cm³/mol. The number of carbonyl (C=O) groups is 2. The number of anilines is 1. The quantitative estimate of drug-likeness (QED) is 0.866. The minimum Gasteiger partial charge on any atom is -0.331 e. The van der Waals surface area contributed by atoms with Crippen molar-refractivity contribution in [2.75, 3.05) is 4.90 Å². The van der Waals surface area contributed by atoms with E-state index in [9.17, 15) is 22.8 Å². The lowest BCUT2D eigenvalue weighted by molar-refractivity contribution is -0.137. The summed E-state index contributed by atoms with van der Waals surface area (Å²) in [5, 5.41) is 2.80. The van der Waals surface area contributed by atoms with E-state index in [1.54, 1.807) is 0 Å². The Bertz CT molecular complexity index is 571. The highest BCUT2D eigenvalue weighted by molar-refractivity contribution is 6.16. The van der Waals surface area contributed by atoms with Gasteiger partial charge in [0, 0.05) is 0 Å². The number of urea groups is 1. The number of hydrogen-bond donors (Lipinski definition) is 1. The maximum Gasteiger partial charge on any atom is 0.416 e. The molecule has 0 aromatic heterocycles. The van der Waals surface area contributed by atoms with Crippen molar-refractivity contribution < 1.29 is 22.8 Å². The smallest absolute Gasteiger partial charge is 0.331 e. The van der Waals surface area contributed by atoms with E-state index in [4.69, 9.17) is 0 Å². The molecule has 2 aliphatic rings. The second-order valence-corrected chi connectivity index (χ2v) is 5.51. The molecule has 1 aliphatic carbocycles. The molecule has 3 amide bonds. The Hall–Kier alpha value is -2.05. The van der Waals surface area contributed by atoms with Crippen LogP contribution in [0.5, 0.6) is 0 Å². The number of carbonyl (C=O) groups excluding carboxylic acids is 2. The predicted octanol–water partition coefficient (Wildman–Crippen LogP) is 3.07. The van der Waals surface area contributed by atoms with Gasteiger partial charge in [-0.25, -0.2) is 9.69 Å². The fourth-order valence-corrected chi connectivity index (χ4v) is 2.77. The van der Waals surface area contributed by atoms with Gasteiger partial charge in [-0.2, -0.15) is 13.2 Å². The highest BCUT2D eigenvalue weighted by atomic mass is 19.4. The van der Waals surface area contributed by atoms with Crippen LogP contribution in [0.2, 0.25) is 0 Å². The largest absolute Gasteiger partial charge is 0.416 e. The van der Waals surface area contributed by atoms with Crippen molar-refractivity contribution in [3.05, 3.63) is 29.8 Å². The average molecular weight is 298 g/mol. The standard InChI is InChI=1S/C14H13F3N2O2/c15-14(16,17)9-2-4-10(5-3-9)19-11(20)8-13(6-1-7-13)18-12(19)21/h2-5H,1,6-8H2,(H,18,21). The van der Waals surface area contributed by atoms with Crippen molar-refractivity contribution in [3.63, 3.8) is 0 Å². The molecule has 1 aliphatic heterocycles. The van der Waals surface area contributed by atoms with Crippen LogP contribution in [0, 0.1) is 0 Å². The third-order valence-corrected chi connectivity index (χ3v) is 4.08. The lowest BCUT2D eigenvalue weighted by Crippen LogP contribution is -2.65. The first-order valence-corrected chi connectivity index (χ1v) is 6.63. The SMILES string of the molecule is O=C1CC2(CCC2)NC(=O)N1c1ccc(C(F)(F)F)cc1. The molecule has 7 heteroatoms. The van der Waals surface area contributed by atoms with Gasteiger partial charge in [0.25, 0.3) is 0 Å². The maximum atomic E-state index is 12.5. The van der Waals surface area contributed by atoms with Gasteiger partial charge in [0.1, 0.15) is 0 Å². The van der Waals surface area contributed by atoms with E-state index in [2.05, 4.69) is 5.32 Å². The summed E-state index contributed by atoms with van der Waals surface area (Å²) in [7, 11) is 0. The van der Waals surface area contributed by atoms with Gasteiger partial charge >= 0.3 is 12.2 Å². The van der Waals surface area contributed by atoms with Gasteiger partial charge in [0.15, 0.2) is 0 Å². The van der Waals surface area contributed by atoms with Crippen LogP contribution in [0.15, 0.2) is 24.3 Å². The number of nitrogens with one attached hydrogen (secondary N) is 1. The highest BCUT2D eigenvalue weighted by Crippen LogP contribution is 2.39. The first kappa shape index (κ1) is 13.9. The van der Waals surface area contributed by atoms with Crippen LogP contribution in [-0.2, 0) is 11.0 Å². The van der Waals surface area contributed by atoms with E-state index < -0.39 is 23.3 Å². The molecule has 112 valence electrons. The Morgan fingerprint density at radius 3 is 2.14 bits per heavy atom. The summed E-state index contributed by atoms with van der Waals surface area (Å²) < 4.78 is 37.5. The van der Waals surface area contributed by atoms with Crippen molar-refractivity contribution >= 4 is 17.6 Å². The summed E-state index contributed by atoms with van der Waals surface area (Å²) in [5.74, 6) is -0.377. The number of nitrogens with zero attached hydrogens (tertiary/aromatic N) is 1. The van der Waals surface area contributed by atoms with Crippen LogP contribution in [0.3, 0.4) is 0 Å². The Labute approximate surface area is 118 Å². The van der Waals surface area contributed by atoms with E-state index in [1.807, 2.05) is 0 Å². The molecule has 3 rings (SSSR count). The van der Waals surface area contributed by atoms with Crippen molar-refractivity contribution in [2.45, 2.75) is 37.4 Å². The lowest BCUT2D eigenvalue weighted by Gasteiger charge is -2.47. The van der Waals surface area contributed by atoms with Crippen molar-refractivity contribution in [2.24, 2.45) is 0 Å². The van der Waals surface area contributed by atoms with Gasteiger partial charge in [-0.1, -0.05) is 0 Å². The first-order valence-electron chi connectivity index (χ1n) is 6.63. The Kier molecular flexibility index (Phi) is 2.96. The van der Waals surface area contributed by atoms with Crippen LogP contribution >= 0.6 is 0 Å². The minimum absolute atomic E-state index is 0.152. The second kappa shape index (κ2) is 4.47. The van der Waals surface area contributed by atoms with Crippen LogP contribution < -0.4 is 10.2 Å². The molecule has 0 radical (unpaired) electrons. The van der Waals surface area contributed by atoms with E-state index in [0.29, 0.717) is 0 Å². The van der Waals surface area contributed by atoms with Gasteiger partial charge in [-0.15, -0.1) is 0 Å². The van der Waals surface area contributed by atoms with Crippen LogP contribution in [-0.4, -0.2) is 17.5 Å². The van der Waals surface area contributed by atoms with Gasteiger partial charge < -0.3 is 5.32 Å². The number of amides is 3. The van der Waals surface area contributed by atoms with Gasteiger partial charge in [-0.3, -0.25) is 4.79 Å². The molecule has 1 aromatic rings. The molecule has 1 saturated heterocycles. The first-order chi connectivity index (χ1) is 9.81. The zero-order valence-corrected chi connectivity index (χ0v) is 11.0. The molecular formula is C14H13F3N2O2. The van der Waals surface area contributed by atoms with Crippen molar-refractivity contribution in [1.29, 1.82) is 0 Å². The van der Waals surface area contributed by atoms with E-state index in [1.165, 1.54) is 0 Å². The molecule has 0 unspecified atom stereocenters. The number of halogens is 3. The molecule has 1 heterocycles. The fourth-order valence-electron chi connectivity index (χ4n) is 2.77. The third kappa shape index (κ3) is 2.36. The minimum atomic E-state index is -4.44. The molecular weight excluding hydrogens is 285 g/mol. The molecule has 0 bridgehead atoms. The zero-order chi connectivity index (χ0) is 15.3. The molecule has 0 atom stereocenters. The van der Waals surface area contributed by atoms with Crippen molar-refractivity contribution in [3.8, 4) is 0 Å². The Balaban J connectivity index is 1.83. The molecule has 1 N–H and O–H groups in total. The number of hydrogen-bond acceptors (Lipinski definition) is 2. The summed E-state index contributed by atoms with van der Waals surface area (Å²) in [6.07, 6.45) is -1.74. The van der Waals surface area contributed by atoms with Crippen molar-refractivity contribution in [1.82, 2.24) is 5.32 Å². The number of rotatable bonds is 1. The topological polar surface area (TPSA) is 49.4 Å². The second-order valence-electron chi connectivity index (χ2n) is 5.51. The maximum absolute atomic E-state index is 12.5. The van der Waals surface area contributed by atoms with Crippen LogP contribution in [0.25, 0.3) is 0 Å². The van der Waals surface area contributed by atoms with Gasteiger partial charge in [-0.05, 0) is 43.5 Å². The van der Waals surface area contributed by atoms with Gasteiger partial charge in [0.2, 0.25) is 5.91 Å². The Morgan fingerprint density at radius 1 is 1.10 bits per heavy atom. The molecule has 2 fully saturated rings. The summed E-state index contributed by atoms with van der Waals surface area (Å²) in [5.41, 5.74) is -1.09. The molecule has 1 aromatic carbocycles. The van der Waals surface area contributed by atoms with Crippen LogP contribution in [0.1, 0.15) is 31.2 Å². The monoisotopic (exact) mass is 298 g/mol. The third-order valence-electron chi connectivity index (χ3n) is 4.08. The average Bonchev–Trinajstić information content (AvgIpc) is 2.35. The summed E-state index contributed by atoms with van der Waals surface area (Å²) in [4.78, 5) is 25.1. The molecule has 21 heavy (non-hydrogen) atoms. The number of imide groups is 1. The van der Waals surface area contributed by atoms with Gasteiger partial charge in [0.05, 0.1) is 23.2 Å². The van der Waals surface area contributed by atoms with E-state index in [0.717, 1.165) is 48.4 Å². The lowest BCUT2D eigenvalue weighted by atomic mass is 9.73. The molecule has 4 nitrogen and oxygen atoms in total. The normalized spacial score (nSPS) is 21.2. The fraction of sp³-hybridized carbons (Fsp3) is 0.429. The summed E-state index contributed by atoms with van der Waals surface area (Å²) >= 11 is 0. The number of alkyl halides is 3. The van der Waals surface area contributed by atoms with E-state index >= 15 is 0 Å². The number of benzene rings is 1. The summed E-state index contributed by atoms with van der Waals surface area (Å²) in [6, 6.07) is 3.44. The zero-order valence-electron chi connectivity index (χ0n) is 11.0. The van der Waals surface area contributed by atoms with Crippen LogP contribution in [0.4, 0.5) is 23.7 Å². The molecule has 1 spiro atoms. The van der Waals surface area contributed by atoms with E-state index in [-0.39, 0.29) is 18.0 Å². The Morgan fingerprint density at radius 2 is 1.71 bits per heavy atom. The molecule has 1 saturated carbocycles.